The number of carbonyl (C=O) groups excluding carboxylic acids is 2. The van der Waals surface area contributed by atoms with Crippen molar-refractivity contribution in [2.45, 2.75) is 64.5 Å². The molecule has 1 amide bonds. The van der Waals surface area contributed by atoms with E-state index in [1.807, 2.05) is 20.8 Å². The lowest BCUT2D eigenvalue weighted by Gasteiger charge is -2.28. The summed E-state index contributed by atoms with van der Waals surface area (Å²) >= 11 is 0. The summed E-state index contributed by atoms with van der Waals surface area (Å²) in [6.45, 7) is 5.43. The van der Waals surface area contributed by atoms with Gasteiger partial charge >= 0.3 is 6.09 Å². The van der Waals surface area contributed by atoms with E-state index in [2.05, 4.69) is 5.32 Å². The second-order valence-corrected chi connectivity index (χ2v) is 5.71. The maximum Gasteiger partial charge on any atom is 0.408 e. The number of amides is 1. The number of nitrogens with one attached hydrogen (secondary N) is 1. The predicted molar refractivity (Wildman–Crippen MR) is 65.8 cm³/mol. The van der Waals surface area contributed by atoms with Crippen molar-refractivity contribution in [3.8, 4) is 0 Å². The van der Waals surface area contributed by atoms with Crippen LogP contribution in [0.2, 0.25) is 0 Å². The van der Waals surface area contributed by atoms with Gasteiger partial charge in [-0.3, -0.25) is 0 Å². The molecule has 0 aromatic carbocycles. The van der Waals surface area contributed by atoms with E-state index in [4.69, 9.17) is 4.74 Å². The first-order valence-corrected chi connectivity index (χ1v) is 6.37. The zero-order valence-corrected chi connectivity index (χ0v) is 11.0. The van der Waals surface area contributed by atoms with Crippen LogP contribution in [-0.4, -0.2) is 24.0 Å². The molecule has 0 heterocycles. The minimum atomic E-state index is -0.524. The Kier molecular flexibility index (Phi) is 4.97. The third kappa shape index (κ3) is 5.20. The molecule has 0 bridgehead atoms. The molecule has 1 rings (SSSR count). The summed E-state index contributed by atoms with van der Waals surface area (Å²) in [5.41, 5.74) is -0.524. The molecule has 1 saturated carbocycles. The second-order valence-electron chi connectivity index (χ2n) is 5.71. The van der Waals surface area contributed by atoms with E-state index in [1.54, 1.807) is 0 Å². The van der Waals surface area contributed by atoms with Gasteiger partial charge in [0.15, 0.2) is 0 Å². The third-order valence-corrected chi connectivity index (χ3v) is 2.99. The van der Waals surface area contributed by atoms with Crippen molar-refractivity contribution in [3.63, 3.8) is 0 Å². The molecule has 0 unspecified atom stereocenters. The Morgan fingerprint density at radius 1 is 1.29 bits per heavy atom. The topological polar surface area (TPSA) is 55.4 Å². The summed E-state index contributed by atoms with van der Waals surface area (Å²) < 4.78 is 5.15. The lowest BCUT2D eigenvalue weighted by atomic mass is 9.84. The molecule has 4 nitrogen and oxygen atoms in total. The Bertz CT molecular complexity index is 264. The molecule has 0 aromatic rings. The summed E-state index contributed by atoms with van der Waals surface area (Å²) in [7, 11) is 0. The molecule has 1 fully saturated rings. The Morgan fingerprint density at radius 2 is 1.88 bits per heavy atom. The van der Waals surface area contributed by atoms with Gasteiger partial charge in [0.2, 0.25) is 0 Å². The van der Waals surface area contributed by atoms with E-state index < -0.39 is 17.7 Å². The molecule has 98 valence electrons. The van der Waals surface area contributed by atoms with Crippen LogP contribution in [0.15, 0.2) is 0 Å². The molecule has 0 aromatic heterocycles. The minimum Gasteiger partial charge on any atom is -0.444 e. The van der Waals surface area contributed by atoms with Crippen molar-refractivity contribution in [1.29, 1.82) is 0 Å². The number of hydrogen-bond acceptors (Lipinski definition) is 3. The fourth-order valence-electron chi connectivity index (χ4n) is 2.20. The van der Waals surface area contributed by atoms with Gasteiger partial charge in [-0.2, -0.15) is 0 Å². The van der Waals surface area contributed by atoms with Crippen molar-refractivity contribution >= 4 is 12.4 Å². The van der Waals surface area contributed by atoms with Crippen molar-refractivity contribution in [3.05, 3.63) is 0 Å². The van der Waals surface area contributed by atoms with Gasteiger partial charge in [0.1, 0.15) is 11.9 Å². The molecular weight excluding hydrogens is 218 g/mol. The highest BCUT2D eigenvalue weighted by Gasteiger charge is 2.26. The summed E-state index contributed by atoms with van der Waals surface area (Å²) in [6.07, 6.45) is 5.88. The van der Waals surface area contributed by atoms with Crippen molar-refractivity contribution in [2.75, 3.05) is 0 Å². The SMILES string of the molecule is CC(C)(C)OC(=O)N[C@H](C=O)C1CCCCC1. The third-order valence-electron chi connectivity index (χ3n) is 2.99. The van der Waals surface area contributed by atoms with E-state index in [-0.39, 0.29) is 5.92 Å². The van der Waals surface area contributed by atoms with Crippen LogP contribution in [0.4, 0.5) is 4.79 Å². The van der Waals surface area contributed by atoms with Crippen LogP contribution < -0.4 is 5.32 Å². The van der Waals surface area contributed by atoms with Crippen LogP contribution in [0, 0.1) is 5.92 Å². The van der Waals surface area contributed by atoms with Gasteiger partial charge in [-0.25, -0.2) is 4.79 Å². The van der Waals surface area contributed by atoms with Crippen molar-refractivity contribution in [2.24, 2.45) is 5.92 Å². The number of ether oxygens (including phenoxy) is 1. The van der Waals surface area contributed by atoms with Gasteiger partial charge in [0.25, 0.3) is 0 Å². The number of hydrogen-bond donors (Lipinski definition) is 1. The molecule has 0 saturated heterocycles. The first-order valence-electron chi connectivity index (χ1n) is 6.37. The zero-order valence-electron chi connectivity index (χ0n) is 11.0. The molecule has 1 aliphatic rings. The van der Waals surface area contributed by atoms with E-state index >= 15 is 0 Å². The smallest absolute Gasteiger partial charge is 0.408 e. The van der Waals surface area contributed by atoms with Crippen LogP contribution in [0.5, 0.6) is 0 Å². The summed E-state index contributed by atoms with van der Waals surface area (Å²) in [5.74, 6) is 0.272. The lowest BCUT2D eigenvalue weighted by molar-refractivity contribution is -0.111. The summed E-state index contributed by atoms with van der Waals surface area (Å²) in [6, 6.07) is -0.398. The fourth-order valence-corrected chi connectivity index (χ4v) is 2.20. The average molecular weight is 241 g/mol. The van der Waals surface area contributed by atoms with E-state index in [9.17, 15) is 9.59 Å². The standard InChI is InChI=1S/C13H23NO3/c1-13(2,3)17-12(16)14-11(9-15)10-7-5-4-6-8-10/h9-11H,4-8H2,1-3H3,(H,14,16)/t11-/m1/s1. The van der Waals surface area contributed by atoms with Gasteiger partial charge in [-0.05, 0) is 39.5 Å². The van der Waals surface area contributed by atoms with Gasteiger partial charge in [-0.1, -0.05) is 19.3 Å². The Labute approximate surface area is 103 Å². The molecule has 0 radical (unpaired) electrons. The van der Waals surface area contributed by atoms with E-state index in [1.165, 1.54) is 6.42 Å². The number of aldehydes is 1. The highest BCUT2D eigenvalue weighted by molar-refractivity contribution is 5.73. The van der Waals surface area contributed by atoms with Crippen LogP contribution in [-0.2, 0) is 9.53 Å². The van der Waals surface area contributed by atoms with E-state index in [0.29, 0.717) is 0 Å². The zero-order chi connectivity index (χ0) is 12.9. The van der Waals surface area contributed by atoms with Crippen LogP contribution in [0.25, 0.3) is 0 Å². The molecular formula is C13H23NO3. The van der Waals surface area contributed by atoms with Crippen molar-refractivity contribution < 1.29 is 14.3 Å². The largest absolute Gasteiger partial charge is 0.444 e. The van der Waals surface area contributed by atoms with Crippen molar-refractivity contribution in [1.82, 2.24) is 5.32 Å². The van der Waals surface area contributed by atoms with Gasteiger partial charge in [0, 0.05) is 0 Å². The maximum absolute atomic E-state index is 11.6. The average Bonchev–Trinajstić information content (AvgIpc) is 2.24. The lowest BCUT2D eigenvalue weighted by Crippen LogP contribution is -2.44. The molecule has 1 aliphatic carbocycles. The fraction of sp³-hybridized carbons (Fsp3) is 0.846. The normalized spacial score (nSPS) is 19.5. The first-order chi connectivity index (χ1) is 7.92. The summed E-state index contributed by atoms with van der Waals surface area (Å²) in [4.78, 5) is 22.6. The summed E-state index contributed by atoms with van der Waals surface area (Å²) in [5, 5.41) is 2.66. The molecule has 0 aliphatic heterocycles. The second kappa shape index (κ2) is 6.03. The number of carbonyl (C=O) groups is 2. The van der Waals surface area contributed by atoms with Crippen LogP contribution >= 0.6 is 0 Å². The monoisotopic (exact) mass is 241 g/mol. The highest BCUT2D eigenvalue weighted by Crippen LogP contribution is 2.26. The number of rotatable bonds is 3. The molecule has 0 spiro atoms. The molecule has 1 atom stereocenters. The predicted octanol–water partition coefficient (Wildman–Crippen LogP) is 2.66. The molecule has 1 N–H and O–H groups in total. The molecule has 4 heteroatoms. The number of alkyl carbamates (subject to hydrolysis) is 1. The van der Waals surface area contributed by atoms with Crippen LogP contribution in [0.3, 0.4) is 0 Å². The van der Waals surface area contributed by atoms with E-state index in [0.717, 1.165) is 32.0 Å². The Hall–Kier alpha value is -1.06. The Morgan fingerprint density at radius 3 is 2.35 bits per heavy atom. The minimum absolute atomic E-state index is 0.272. The Balaban J connectivity index is 2.45. The quantitative estimate of drug-likeness (QED) is 0.773. The van der Waals surface area contributed by atoms with Gasteiger partial charge in [0.05, 0.1) is 6.04 Å². The molecule has 17 heavy (non-hydrogen) atoms. The van der Waals surface area contributed by atoms with Crippen LogP contribution in [0.1, 0.15) is 52.9 Å². The first kappa shape index (κ1) is 14.0. The maximum atomic E-state index is 11.6. The van der Waals surface area contributed by atoms with Gasteiger partial charge in [-0.15, -0.1) is 0 Å². The van der Waals surface area contributed by atoms with Gasteiger partial charge < -0.3 is 14.8 Å². The highest BCUT2D eigenvalue weighted by atomic mass is 16.6.